The zero-order chi connectivity index (χ0) is 22.1. The van der Waals surface area contributed by atoms with Crippen molar-refractivity contribution in [2.75, 3.05) is 0 Å². The summed E-state index contributed by atoms with van der Waals surface area (Å²) in [5, 5.41) is 0.643. The van der Waals surface area contributed by atoms with E-state index in [2.05, 4.69) is 4.98 Å². The number of carbonyl (C=O) groups excluding carboxylic acids is 1. The van der Waals surface area contributed by atoms with Gasteiger partial charge in [-0.25, -0.2) is 4.98 Å². The highest BCUT2D eigenvalue weighted by atomic mass is 19.4. The Bertz CT molecular complexity index is 1100. The number of alkyl halides is 6. The van der Waals surface area contributed by atoms with Crippen molar-refractivity contribution in [2.24, 2.45) is 0 Å². The van der Waals surface area contributed by atoms with Crippen molar-refractivity contribution < 1.29 is 35.9 Å². The van der Waals surface area contributed by atoms with Gasteiger partial charge in [0.25, 0.3) is 0 Å². The van der Waals surface area contributed by atoms with E-state index in [-0.39, 0.29) is 23.1 Å². The van der Waals surface area contributed by atoms with E-state index in [1.807, 2.05) is 0 Å². The van der Waals surface area contributed by atoms with Crippen molar-refractivity contribution >= 4 is 29.0 Å². The number of rotatable bonds is 3. The summed E-state index contributed by atoms with van der Waals surface area (Å²) in [6.07, 6.45) is -7.47. The zero-order valence-corrected chi connectivity index (χ0v) is 15.3. The Balaban J connectivity index is 2.03. The van der Waals surface area contributed by atoms with Gasteiger partial charge in [-0.15, -0.1) is 0 Å². The number of pyridine rings is 1. The number of fused-ring (bicyclic) bond motifs is 1. The second kappa shape index (κ2) is 7.81. The summed E-state index contributed by atoms with van der Waals surface area (Å²) in [4.78, 5) is 15.5. The number of nitrogens with zero attached hydrogens (tertiary/aromatic N) is 1. The fourth-order valence-electron chi connectivity index (χ4n) is 2.72. The Morgan fingerprint density at radius 3 is 2.10 bits per heavy atom. The van der Waals surface area contributed by atoms with Crippen LogP contribution in [0.2, 0.25) is 0 Å². The summed E-state index contributed by atoms with van der Waals surface area (Å²) in [7, 11) is 0. The van der Waals surface area contributed by atoms with Gasteiger partial charge in [0.2, 0.25) is 0 Å². The van der Waals surface area contributed by atoms with Gasteiger partial charge in [-0.05, 0) is 42.0 Å². The third-order valence-corrected chi connectivity index (χ3v) is 4.01. The zero-order valence-electron chi connectivity index (χ0n) is 15.3. The Hall–Kier alpha value is -3.36. The maximum absolute atomic E-state index is 13.0. The van der Waals surface area contributed by atoms with Crippen molar-refractivity contribution in [3.63, 3.8) is 0 Å². The standard InChI is InChI=1S/C21H13F6NO2/c1-12(29)30-18-4-2-3-14-6-8-17(28-19(14)18)7-5-13-9-15(20(22,23)24)11-16(10-13)21(25,26)27/h2-11H,1H3/b7-5+. The number of ether oxygens (including phenoxy) is 1. The smallest absolute Gasteiger partial charge is 0.416 e. The normalized spacial score (nSPS) is 12.5. The average Bonchev–Trinajstić information content (AvgIpc) is 2.64. The summed E-state index contributed by atoms with van der Waals surface area (Å²) in [6.45, 7) is 1.22. The largest absolute Gasteiger partial charge is 0.424 e. The van der Waals surface area contributed by atoms with E-state index in [1.165, 1.54) is 25.1 Å². The Labute approximate surface area is 166 Å². The molecule has 0 aliphatic rings. The first kappa shape index (κ1) is 21.4. The molecule has 0 aliphatic heterocycles. The summed E-state index contributed by atoms with van der Waals surface area (Å²) in [5.74, 6) is -0.373. The van der Waals surface area contributed by atoms with Gasteiger partial charge < -0.3 is 4.74 Å². The number of aromatic nitrogens is 1. The third kappa shape index (κ3) is 4.97. The van der Waals surface area contributed by atoms with Crippen LogP contribution in [0.1, 0.15) is 29.3 Å². The van der Waals surface area contributed by atoms with Gasteiger partial charge in [0.15, 0.2) is 5.75 Å². The lowest BCUT2D eigenvalue weighted by Gasteiger charge is -2.13. The van der Waals surface area contributed by atoms with E-state index in [9.17, 15) is 31.1 Å². The lowest BCUT2D eigenvalue weighted by atomic mass is 10.0. The van der Waals surface area contributed by atoms with Crippen LogP contribution in [0, 0.1) is 0 Å². The minimum Gasteiger partial charge on any atom is -0.424 e. The highest BCUT2D eigenvalue weighted by Gasteiger charge is 2.36. The molecule has 1 aromatic heterocycles. The highest BCUT2D eigenvalue weighted by molar-refractivity contribution is 5.88. The molecule has 0 bridgehead atoms. The molecule has 9 heteroatoms. The molecule has 0 atom stereocenters. The van der Waals surface area contributed by atoms with Crippen molar-refractivity contribution in [2.45, 2.75) is 19.3 Å². The first-order valence-corrected chi connectivity index (χ1v) is 8.49. The minimum atomic E-state index is -4.93. The molecular formula is C21H13F6NO2. The predicted molar refractivity (Wildman–Crippen MR) is 98.4 cm³/mol. The minimum absolute atomic E-state index is 0.0665. The topological polar surface area (TPSA) is 39.2 Å². The summed E-state index contributed by atoms with van der Waals surface area (Å²) >= 11 is 0. The number of esters is 1. The molecule has 156 valence electrons. The van der Waals surface area contributed by atoms with Crippen LogP contribution in [-0.2, 0) is 17.1 Å². The molecule has 1 heterocycles. The van der Waals surface area contributed by atoms with Crippen molar-refractivity contribution in [1.29, 1.82) is 0 Å². The Morgan fingerprint density at radius 2 is 1.53 bits per heavy atom. The van der Waals surface area contributed by atoms with Crippen LogP contribution in [0.15, 0.2) is 48.5 Å². The van der Waals surface area contributed by atoms with Gasteiger partial charge in [0, 0.05) is 12.3 Å². The molecule has 0 unspecified atom stereocenters. The lowest BCUT2D eigenvalue weighted by Crippen LogP contribution is -2.11. The highest BCUT2D eigenvalue weighted by Crippen LogP contribution is 2.36. The lowest BCUT2D eigenvalue weighted by molar-refractivity contribution is -0.143. The molecule has 0 N–H and O–H groups in total. The van der Waals surface area contributed by atoms with Crippen LogP contribution < -0.4 is 4.74 Å². The average molecular weight is 425 g/mol. The molecule has 30 heavy (non-hydrogen) atoms. The van der Waals surface area contributed by atoms with Crippen LogP contribution >= 0.6 is 0 Å². The maximum atomic E-state index is 13.0. The molecule has 0 radical (unpaired) electrons. The summed E-state index contributed by atoms with van der Waals surface area (Å²) < 4.78 is 82.9. The van der Waals surface area contributed by atoms with Crippen LogP contribution in [0.4, 0.5) is 26.3 Å². The second-order valence-corrected chi connectivity index (χ2v) is 6.33. The van der Waals surface area contributed by atoms with Gasteiger partial charge in [-0.3, -0.25) is 4.79 Å². The number of halogens is 6. The van der Waals surface area contributed by atoms with Crippen LogP contribution in [0.25, 0.3) is 23.1 Å². The van der Waals surface area contributed by atoms with Crippen molar-refractivity contribution in [3.8, 4) is 5.75 Å². The fraction of sp³-hybridized carbons (Fsp3) is 0.143. The Morgan fingerprint density at radius 1 is 0.900 bits per heavy atom. The van der Waals surface area contributed by atoms with Gasteiger partial charge >= 0.3 is 18.3 Å². The van der Waals surface area contributed by atoms with Gasteiger partial charge in [0.1, 0.15) is 5.52 Å². The predicted octanol–water partition coefficient (Wildman–Crippen LogP) is 6.37. The second-order valence-electron chi connectivity index (χ2n) is 6.33. The molecule has 0 fully saturated rings. The van der Waals surface area contributed by atoms with Gasteiger partial charge in [0.05, 0.1) is 16.8 Å². The van der Waals surface area contributed by atoms with Crippen LogP contribution in [0.5, 0.6) is 5.75 Å². The molecule has 3 nitrogen and oxygen atoms in total. The van der Waals surface area contributed by atoms with Gasteiger partial charge in [-0.1, -0.05) is 24.3 Å². The SMILES string of the molecule is CC(=O)Oc1cccc2ccc(/C=C/c3cc(C(F)(F)F)cc(C(F)(F)F)c3)nc12. The fourth-order valence-corrected chi connectivity index (χ4v) is 2.72. The molecule has 0 saturated carbocycles. The van der Waals surface area contributed by atoms with Crippen molar-refractivity contribution in [3.05, 3.63) is 70.9 Å². The quantitative estimate of drug-likeness (QED) is 0.278. The third-order valence-electron chi connectivity index (χ3n) is 4.01. The van der Waals surface area contributed by atoms with E-state index in [4.69, 9.17) is 4.74 Å². The van der Waals surface area contributed by atoms with E-state index < -0.39 is 29.4 Å². The van der Waals surface area contributed by atoms with E-state index >= 15 is 0 Å². The maximum Gasteiger partial charge on any atom is 0.416 e. The van der Waals surface area contributed by atoms with E-state index in [0.717, 1.165) is 6.08 Å². The first-order chi connectivity index (χ1) is 13.9. The number of hydrogen-bond donors (Lipinski definition) is 0. The molecule has 3 rings (SSSR count). The van der Waals surface area contributed by atoms with Gasteiger partial charge in [-0.2, -0.15) is 26.3 Å². The number of carbonyl (C=O) groups is 1. The number of benzene rings is 2. The Kier molecular flexibility index (Phi) is 5.56. The molecule has 2 aromatic carbocycles. The molecule has 0 amide bonds. The summed E-state index contributed by atoms with van der Waals surface area (Å²) in [6, 6.07) is 9.37. The monoisotopic (exact) mass is 425 g/mol. The molecule has 0 aliphatic carbocycles. The van der Waals surface area contributed by atoms with Crippen LogP contribution in [-0.4, -0.2) is 11.0 Å². The van der Waals surface area contributed by atoms with Crippen LogP contribution in [0.3, 0.4) is 0 Å². The van der Waals surface area contributed by atoms with E-state index in [1.54, 1.807) is 18.2 Å². The molecule has 3 aromatic rings. The number of hydrogen-bond acceptors (Lipinski definition) is 3. The van der Waals surface area contributed by atoms with E-state index in [0.29, 0.717) is 23.0 Å². The molecular weight excluding hydrogens is 412 g/mol. The first-order valence-electron chi connectivity index (χ1n) is 8.49. The number of para-hydroxylation sites is 1. The summed E-state index contributed by atoms with van der Waals surface area (Å²) in [5.41, 5.74) is -2.50. The molecule has 0 spiro atoms. The molecule has 0 saturated heterocycles. The van der Waals surface area contributed by atoms with Crippen molar-refractivity contribution in [1.82, 2.24) is 4.98 Å².